The molecule has 2 aromatic rings. The average Bonchev–Trinajstić information content (AvgIpc) is 2.29. The van der Waals surface area contributed by atoms with Gasteiger partial charge in [0.05, 0.1) is 7.11 Å². The van der Waals surface area contributed by atoms with Crippen LogP contribution in [-0.4, -0.2) is 7.11 Å². The van der Waals surface area contributed by atoms with Crippen molar-refractivity contribution in [2.24, 2.45) is 0 Å². The number of hydrogen-bond donors (Lipinski definition) is 0. The molecule has 0 aliphatic heterocycles. The van der Waals surface area contributed by atoms with Gasteiger partial charge in [0.1, 0.15) is 5.75 Å². The van der Waals surface area contributed by atoms with Crippen LogP contribution in [0.15, 0.2) is 42.5 Å². The van der Waals surface area contributed by atoms with Crippen molar-refractivity contribution < 1.29 is 4.74 Å². The van der Waals surface area contributed by atoms with Gasteiger partial charge in [0.25, 0.3) is 0 Å². The van der Waals surface area contributed by atoms with E-state index in [1.165, 1.54) is 22.3 Å². The topological polar surface area (TPSA) is 9.23 Å². The Kier molecular flexibility index (Phi) is 2.95. The van der Waals surface area contributed by atoms with Crippen molar-refractivity contribution in [3.05, 3.63) is 53.6 Å². The summed E-state index contributed by atoms with van der Waals surface area (Å²) in [6.45, 7) is 4.25. The lowest BCUT2D eigenvalue weighted by atomic mass is 9.95. The van der Waals surface area contributed by atoms with Crippen LogP contribution in [0.3, 0.4) is 0 Å². The smallest absolute Gasteiger partial charge is 0.119 e. The van der Waals surface area contributed by atoms with Crippen molar-refractivity contribution >= 4 is 0 Å². The van der Waals surface area contributed by atoms with Crippen LogP contribution in [0.5, 0.6) is 5.75 Å². The van der Waals surface area contributed by atoms with Crippen molar-refractivity contribution in [2.75, 3.05) is 7.11 Å². The minimum absolute atomic E-state index is 0.926. The van der Waals surface area contributed by atoms with Gasteiger partial charge in [-0.3, -0.25) is 0 Å². The Balaban J connectivity index is 2.58. The molecule has 0 radical (unpaired) electrons. The average molecular weight is 212 g/mol. The fourth-order valence-corrected chi connectivity index (χ4v) is 2.10. The molecule has 0 heterocycles. The summed E-state index contributed by atoms with van der Waals surface area (Å²) in [5, 5.41) is 0. The van der Waals surface area contributed by atoms with Gasteiger partial charge in [-0.15, -0.1) is 0 Å². The molecule has 0 spiro atoms. The summed E-state index contributed by atoms with van der Waals surface area (Å²) >= 11 is 0. The minimum Gasteiger partial charge on any atom is -0.497 e. The van der Waals surface area contributed by atoms with Crippen molar-refractivity contribution in [3.8, 4) is 16.9 Å². The van der Waals surface area contributed by atoms with Crippen LogP contribution in [0.1, 0.15) is 11.1 Å². The molecule has 0 bridgehead atoms. The number of hydrogen-bond acceptors (Lipinski definition) is 1. The summed E-state index contributed by atoms with van der Waals surface area (Å²) in [6.07, 6.45) is 0. The van der Waals surface area contributed by atoms with E-state index in [0.29, 0.717) is 0 Å². The normalized spacial score (nSPS) is 10.2. The van der Waals surface area contributed by atoms with Crippen molar-refractivity contribution in [2.45, 2.75) is 13.8 Å². The first-order valence-corrected chi connectivity index (χ1v) is 5.43. The second-order valence-electron chi connectivity index (χ2n) is 4.00. The fraction of sp³-hybridized carbons (Fsp3) is 0.200. The van der Waals surface area contributed by atoms with E-state index in [-0.39, 0.29) is 0 Å². The maximum atomic E-state index is 5.27. The number of benzene rings is 2. The Morgan fingerprint density at radius 3 is 1.94 bits per heavy atom. The molecule has 0 unspecified atom stereocenters. The Bertz CT molecular complexity index is 463. The van der Waals surface area contributed by atoms with Gasteiger partial charge in [-0.25, -0.2) is 0 Å². The number of aryl methyl sites for hydroxylation is 2. The summed E-state index contributed by atoms with van der Waals surface area (Å²) in [7, 11) is 1.70. The van der Waals surface area contributed by atoms with E-state index in [1.54, 1.807) is 7.11 Å². The first-order chi connectivity index (χ1) is 7.72. The van der Waals surface area contributed by atoms with Gasteiger partial charge >= 0.3 is 0 Å². The molecular formula is C15H16O. The van der Waals surface area contributed by atoms with Crippen LogP contribution in [0, 0.1) is 13.8 Å². The molecule has 0 aliphatic carbocycles. The van der Waals surface area contributed by atoms with Crippen molar-refractivity contribution in [1.82, 2.24) is 0 Å². The molecule has 2 aromatic carbocycles. The van der Waals surface area contributed by atoms with Crippen LogP contribution >= 0.6 is 0 Å². The molecule has 82 valence electrons. The largest absolute Gasteiger partial charge is 0.497 e. The zero-order chi connectivity index (χ0) is 11.5. The molecule has 0 saturated heterocycles. The molecule has 0 N–H and O–H groups in total. The zero-order valence-electron chi connectivity index (χ0n) is 9.95. The molecule has 0 aliphatic rings. The number of ether oxygens (including phenoxy) is 1. The second kappa shape index (κ2) is 4.40. The molecule has 2 rings (SSSR count). The lowest BCUT2D eigenvalue weighted by Crippen LogP contribution is -1.91. The van der Waals surface area contributed by atoms with E-state index in [2.05, 4.69) is 50.2 Å². The Morgan fingerprint density at radius 2 is 1.44 bits per heavy atom. The van der Waals surface area contributed by atoms with Gasteiger partial charge in [-0.1, -0.05) is 30.3 Å². The molecule has 16 heavy (non-hydrogen) atoms. The van der Waals surface area contributed by atoms with E-state index in [9.17, 15) is 0 Å². The lowest BCUT2D eigenvalue weighted by molar-refractivity contribution is 0.414. The molecule has 0 amide bonds. The van der Waals surface area contributed by atoms with Gasteiger partial charge < -0.3 is 4.74 Å². The first kappa shape index (κ1) is 10.7. The molecule has 0 aromatic heterocycles. The molecule has 1 nitrogen and oxygen atoms in total. The molecule has 1 heteroatoms. The predicted octanol–water partition coefficient (Wildman–Crippen LogP) is 3.98. The molecular weight excluding hydrogens is 196 g/mol. The maximum absolute atomic E-state index is 5.27. The van der Waals surface area contributed by atoms with Crippen molar-refractivity contribution in [1.29, 1.82) is 0 Å². The highest BCUT2D eigenvalue weighted by Crippen LogP contribution is 2.30. The number of methoxy groups -OCH3 is 1. The molecule has 0 saturated carbocycles. The van der Waals surface area contributed by atoms with E-state index in [1.807, 2.05) is 6.07 Å². The monoisotopic (exact) mass is 212 g/mol. The van der Waals surface area contributed by atoms with Gasteiger partial charge in [0.2, 0.25) is 0 Å². The van der Waals surface area contributed by atoms with Gasteiger partial charge in [-0.05, 0) is 48.2 Å². The third-order valence-electron chi connectivity index (χ3n) is 2.80. The van der Waals surface area contributed by atoms with Crippen molar-refractivity contribution in [3.63, 3.8) is 0 Å². The predicted molar refractivity (Wildman–Crippen MR) is 67.9 cm³/mol. The van der Waals surface area contributed by atoms with Gasteiger partial charge in [-0.2, -0.15) is 0 Å². The van der Waals surface area contributed by atoms with Crippen LogP contribution < -0.4 is 4.74 Å². The van der Waals surface area contributed by atoms with E-state index in [4.69, 9.17) is 4.74 Å². The maximum Gasteiger partial charge on any atom is 0.119 e. The summed E-state index contributed by atoms with van der Waals surface area (Å²) in [4.78, 5) is 0. The van der Waals surface area contributed by atoms with E-state index < -0.39 is 0 Å². The highest BCUT2D eigenvalue weighted by molar-refractivity contribution is 5.71. The fourth-order valence-electron chi connectivity index (χ4n) is 2.10. The van der Waals surface area contributed by atoms with Crippen LogP contribution in [0.4, 0.5) is 0 Å². The molecule has 0 fully saturated rings. The van der Waals surface area contributed by atoms with Crippen LogP contribution in [-0.2, 0) is 0 Å². The van der Waals surface area contributed by atoms with Gasteiger partial charge in [0.15, 0.2) is 0 Å². The lowest BCUT2D eigenvalue weighted by Gasteiger charge is -2.12. The summed E-state index contributed by atoms with van der Waals surface area (Å²) < 4.78 is 5.27. The Labute approximate surface area is 96.7 Å². The minimum atomic E-state index is 0.926. The first-order valence-electron chi connectivity index (χ1n) is 5.43. The van der Waals surface area contributed by atoms with Crippen LogP contribution in [0.2, 0.25) is 0 Å². The summed E-state index contributed by atoms with van der Waals surface area (Å²) in [5.74, 6) is 0.926. The standard InChI is InChI=1S/C15H16O/c1-11-9-14(16-3)10-12(2)15(11)13-7-5-4-6-8-13/h4-10H,1-3H3. The third kappa shape index (κ3) is 1.94. The Morgan fingerprint density at radius 1 is 0.875 bits per heavy atom. The zero-order valence-corrected chi connectivity index (χ0v) is 9.95. The van der Waals surface area contributed by atoms with E-state index >= 15 is 0 Å². The van der Waals surface area contributed by atoms with Gasteiger partial charge in [0, 0.05) is 0 Å². The van der Waals surface area contributed by atoms with E-state index in [0.717, 1.165) is 5.75 Å². The highest BCUT2D eigenvalue weighted by atomic mass is 16.5. The summed E-state index contributed by atoms with van der Waals surface area (Å²) in [6, 6.07) is 14.6. The number of rotatable bonds is 2. The summed E-state index contributed by atoms with van der Waals surface area (Å²) in [5.41, 5.74) is 5.08. The van der Waals surface area contributed by atoms with Crippen LogP contribution in [0.25, 0.3) is 11.1 Å². The SMILES string of the molecule is COc1cc(C)c(-c2ccccc2)c(C)c1. The second-order valence-corrected chi connectivity index (χ2v) is 4.00. The third-order valence-corrected chi connectivity index (χ3v) is 2.80. The quantitative estimate of drug-likeness (QED) is 0.731. The highest BCUT2D eigenvalue weighted by Gasteiger charge is 2.07. The Hall–Kier alpha value is -1.76. The molecule has 0 atom stereocenters.